The van der Waals surface area contributed by atoms with Crippen LogP contribution in [0.4, 0.5) is 0 Å². The summed E-state index contributed by atoms with van der Waals surface area (Å²) in [6.07, 6.45) is 11.0. The number of carbonyl (C=O) groups is 1. The summed E-state index contributed by atoms with van der Waals surface area (Å²) in [5, 5.41) is 0. The van der Waals surface area contributed by atoms with Crippen molar-refractivity contribution in [3.8, 4) is 0 Å². The summed E-state index contributed by atoms with van der Waals surface area (Å²) in [6.45, 7) is 9.43. The van der Waals surface area contributed by atoms with Crippen LogP contribution >= 0.6 is 0 Å². The molecule has 3 aliphatic carbocycles. The molecule has 2 nitrogen and oxygen atoms in total. The Morgan fingerprint density at radius 1 is 1.09 bits per heavy atom. The van der Waals surface area contributed by atoms with Crippen LogP contribution in [0.5, 0.6) is 0 Å². The summed E-state index contributed by atoms with van der Waals surface area (Å²) in [6, 6.07) is 0. The molecule has 126 valence electrons. The van der Waals surface area contributed by atoms with Gasteiger partial charge in [0.2, 0.25) is 0 Å². The van der Waals surface area contributed by atoms with Crippen molar-refractivity contribution in [2.24, 2.45) is 28.6 Å². The SMILES string of the molecule is CCCC1CCC(C(=O)O[C@@H]2C[C@]3(C)CC[C@H]2C3(C)C)CC1. The molecular weight excluding hydrogens is 272 g/mol. The van der Waals surface area contributed by atoms with Crippen LogP contribution in [0.25, 0.3) is 0 Å². The molecule has 0 heterocycles. The smallest absolute Gasteiger partial charge is 0.309 e. The molecule has 0 amide bonds. The van der Waals surface area contributed by atoms with Crippen molar-refractivity contribution < 1.29 is 9.53 Å². The fourth-order valence-corrected chi connectivity index (χ4v) is 5.67. The Morgan fingerprint density at radius 3 is 2.27 bits per heavy atom. The van der Waals surface area contributed by atoms with Gasteiger partial charge in [0.05, 0.1) is 5.92 Å². The first-order valence-corrected chi connectivity index (χ1v) is 9.58. The van der Waals surface area contributed by atoms with Crippen molar-refractivity contribution in [1.82, 2.24) is 0 Å². The molecule has 2 bridgehead atoms. The Morgan fingerprint density at radius 2 is 1.77 bits per heavy atom. The number of fused-ring (bicyclic) bond motifs is 2. The van der Waals surface area contributed by atoms with E-state index in [2.05, 4.69) is 27.7 Å². The van der Waals surface area contributed by atoms with Gasteiger partial charge in [0.1, 0.15) is 6.10 Å². The molecule has 22 heavy (non-hydrogen) atoms. The summed E-state index contributed by atoms with van der Waals surface area (Å²) in [7, 11) is 0. The summed E-state index contributed by atoms with van der Waals surface area (Å²) >= 11 is 0. The molecule has 2 heteroatoms. The Hall–Kier alpha value is -0.530. The van der Waals surface area contributed by atoms with Crippen LogP contribution in [-0.2, 0) is 9.53 Å². The number of rotatable bonds is 4. The lowest BCUT2D eigenvalue weighted by molar-refractivity contribution is -0.158. The quantitative estimate of drug-likeness (QED) is 0.654. The average Bonchev–Trinajstić information content (AvgIpc) is 2.80. The molecule has 3 aliphatic rings. The van der Waals surface area contributed by atoms with E-state index in [4.69, 9.17) is 4.74 Å². The van der Waals surface area contributed by atoms with E-state index in [1.807, 2.05) is 0 Å². The maximum Gasteiger partial charge on any atom is 0.309 e. The van der Waals surface area contributed by atoms with E-state index in [1.165, 1.54) is 38.5 Å². The molecular formula is C20H34O2. The first-order valence-electron chi connectivity index (χ1n) is 9.58. The van der Waals surface area contributed by atoms with Gasteiger partial charge in [-0.15, -0.1) is 0 Å². The van der Waals surface area contributed by atoms with Gasteiger partial charge in [-0.2, -0.15) is 0 Å². The van der Waals surface area contributed by atoms with E-state index in [1.54, 1.807) is 0 Å². The number of hydrogen-bond acceptors (Lipinski definition) is 2. The van der Waals surface area contributed by atoms with Crippen LogP contribution in [0.3, 0.4) is 0 Å². The van der Waals surface area contributed by atoms with Gasteiger partial charge in [-0.25, -0.2) is 0 Å². The molecule has 0 aromatic heterocycles. The van der Waals surface area contributed by atoms with Crippen LogP contribution in [0.15, 0.2) is 0 Å². The van der Waals surface area contributed by atoms with Crippen LogP contribution in [0.2, 0.25) is 0 Å². The topological polar surface area (TPSA) is 26.3 Å². The molecule has 3 fully saturated rings. The third kappa shape index (κ3) is 2.61. The zero-order valence-corrected chi connectivity index (χ0v) is 15.0. The predicted octanol–water partition coefficient (Wildman–Crippen LogP) is 5.35. The molecule has 0 aromatic carbocycles. The first-order chi connectivity index (χ1) is 10.4. The lowest BCUT2D eigenvalue weighted by Crippen LogP contribution is -2.31. The van der Waals surface area contributed by atoms with Gasteiger partial charge in [-0.3, -0.25) is 4.79 Å². The van der Waals surface area contributed by atoms with Gasteiger partial charge >= 0.3 is 5.97 Å². The molecule has 3 atom stereocenters. The second-order valence-corrected chi connectivity index (χ2v) is 9.11. The molecule has 0 saturated heterocycles. The Bertz CT molecular complexity index is 417. The summed E-state index contributed by atoms with van der Waals surface area (Å²) in [4.78, 5) is 12.6. The molecule has 0 aliphatic heterocycles. The number of ether oxygens (including phenoxy) is 1. The second-order valence-electron chi connectivity index (χ2n) is 9.11. The van der Waals surface area contributed by atoms with Crippen molar-refractivity contribution in [3.63, 3.8) is 0 Å². The van der Waals surface area contributed by atoms with Crippen molar-refractivity contribution in [3.05, 3.63) is 0 Å². The van der Waals surface area contributed by atoms with E-state index >= 15 is 0 Å². The minimum absolute atomic E-state index is 0.117. The van der Waals surface area contributed by atoms with Crippen LogP contribution in [0, 0.1) is 28.6 Å². The van der Waals surface area contributed by atoms with Gasteiger partial charge in [0, 0.05) is 5.92 Å². The molecule has 0 N–H and O–H groups in total. The third-order valence-electron chi connectivity index (χ3n) is 7.73. The molecule has 0 spiro atoms. The molecule has 3 rings (SSSR count). The van der Waals surface area contributed by atoms with Crippen LogP contribution < -0.4 is 0 Å². The van der Waals surface area contributed by atoms with E-state index in [0.717, 1.165) is 25.2 Å². The lowest BCUT2D eigenvalue weighted by atomic mass is 9.71. The Balaban J connectivity index is 1.54. The van der Waals surface area contributed by atoms with Crippen molar-refractivity contribution in [2.75, 3.05) is 0 Å². The Kier molecular flexibility index (Phi) is 4.33. The largest absolute Gasteiger partial charge is 0.462 e. The maximum atomic E-state index is 12.6. The molecule has 0 aromatic rings. The van der Waals surface area contributed by atoms with E-state index in [-0.39, 0.29) is 18.0 Å². The number of carbonyl (C=O) groups excluding carboxylic acids is 1. The monoisotopic (exact) mass is 306 g/mol. The van der Waals surface area contributed by atoms with E-state index in [9.17, 15) is 4.79 Å². The van der Waals surface area contributed by atoms with Crippen LogP contribution in [-0.4, -0.2) is 12.1 Å². The minimum atomic E-state index is 0.117. The fraction of sp³-hybridized carbons (Fsp3) is 0.950. The van der Waals surface area contributed by atoms with Crippen LogP contribution in [0.1, 0.15) is 85.5 Å². The maximum absolute atomic E-state index is 12.6. The predicted molar refractivity (Wildman–Crippen MR) is 89.5 cm³/mol. The van der Waals surface area contributed by atoms with Gasteiger partial charge in [0.15, 0.2) is 0 Å². The molecule has 0 unspecified atom stereocenters. The van der Waals surface area contributed by atoms with E-state index in [0.29, 0.717) is 16.7 Å². The summed E-state index contributed by atoms with van der Waals surface area (Å²) < 4.78 is 6.04. The standard InChI is InChI=1S/C20H34O2/c1-5-6-14-7-9-15(10-8-14)18(21)22-17-13-20(4)12-11-16(17)19(20,2)3/h14-17H,5-13H2,1-4H3/t14?,15?,16-,17-,20+/m1/s1. The highest BCUT2D eigenvalue weighted by Crippen LogP contribution is 2.66. The lowest BCUT2D eigenvalue weighted by Gasteiger charge is -2.33. The van der Waals surface area contributed by atoms with E-state index < -0.39 is 0 Å². The Labute approximate surface area is 136 Å². The zero-order chi connectivity index (χ0) is 16.0. The highest BCUT2D eigenvalue weighted by atomic mass is 16.5. The van der Waals surface area contributed by atoms with Gasteiger partial charge in [0.25, 0.3) is 0 Å². The highest BCUT2D eigenvalue weighted by Gasteiger charge is 2.61. The molecule has 0 radical (unpaired) electrons. The highest BCUT2D eigenvalue weighted by molar-refractivity contribution is 5.72. The van der Waals surface area contributed by atoms with Crippen molar-refractivity contribution >= 4 is 5.97 Å². The van der Waals surface area contributed by atoms with Gasteiger partial charge < -0.3 is 4.74 Å². The normalized spacial score (nSPS) is 43.3. The van der Waals surface area contributed by atoms with Gasteiger partial charge in [-0.05, 0) is 61.7 Å². The summed E-state index contributed by atoms with van der Waals surface area (Å²) in [5.74, 6) is 1.74. The van der Waals surface area contributed by atoms with Crippen molar-refractivity contribution in [2.45, 2.75) is 91.6 Å². The van der Waals surface area contributed by atoms with Gasteiger partial charge in [-0.1, -0.05) is 40.5 Å². The minimum Gasteiger partial charge on any atom is -0.462 e. The number of esters is 1. The average molecular weight is 306 g/mol. The molecule has 3 saturated carbocycles. The second kappa shape index (κ2) is 5.83. The number of hydrogen-bond donors (Lipinski definition) is 0. The van der Waals surface area contributed by atoms with Crippen molar-refractivity contribution in [1.29, 1.82) is 0 Å². The summed E-state index contributed by atoms with van der Waals surface area (Å²) in [5.41, 5.74) is 0.706. The fourth-order valence-electron chi connectivity index (χ4n) is 5.67. The zero-order valence-electron chi connectivity index (χ0n) is 15.0. The third-order valence-corrected chi connectivity index (χ3v) is 7.73. The first kappa shape index (κ1) is 16.3.